The van der Waals surface area contributed by atoms with Gasteiger partial charge >= 0.3 is 0 Å². The van der Waals surface area contributed by atoms with Crippen molar-refractivity contribution in [2.24, 2.45) is 0 Å². The Bertz CT molecular complexity index is 3300. The topological polar surface area (TPSA) is 21.4 Å². The van der Waals surface area contributed by atoms with Gasteiger partial charge in [0.05, 0.1) is 27.8 Å². The average molecular weight is 674 g/mol. The number of para-hydroxylation sites is 5. The van der Waals surface area contributed by atoms with E-state index < -0.39 is 0 Å². The van der Waals surface area contributed by atoms with Crippen LogP contribution in [0.3, 0.4) is 0 Å². The van der Waals surface area contributed by atoms with E-state index in [4.69, 9.17) is 0 Å². The second-order valence-electron chi connectivity index (χ2n) is 14.6. The minimum absolute atomic E-state index is 0.856. The summed E-state index contributed by atoms with van der Waals surface area (Å²) in [5, 5.41) is 11.8. The van der Waals surface area contributed by atoms with Crippen molar-refractivity contribution in [1.82, 2.24) is 8.97 Å². The second-order valence-corrected chi connectivity index (χ2v) is 14.6. The molecule has 0 spiro atoms. The van der Waals surface area contributed by atoms with Crippen molar-refractivity contribution in [3.05, 3.63) is 169 Å². The summed E-state index contributed by atoms with van der Waals surface area (Å²) in [6.07, 6.45) is 0. The second kappa shape index (κ2) is 10.6. The molecule has 1 N–H and O–H groups in total. The predicted octanol–water partition coefficient (Wildman–Crippen LogP) is 11.0. The summed E-state index contributed by atoms with van der Waals surface area (Å²) in [4.78, 5) is 0. The molecular weight excluding hydrogens is 641 g/mol. The minimum Gasteiger partial charge on any atom is -0.354 e. The van der Waals surface area contributed by atoms with E-state index in [-0.39, 0.29) is 0 Å². The number of nitrogens with zero attached hydrogens (tertiary/aromatic N) is 2. The van der Waals surface area contributed by atoms with Gasteiger partial charge in [-0.3, -0.25) is 0 Å². The summed E-state index contributed by atoms with van der Waals surface area (Å²) >= 11 is 0. The zero-order valence-electron chi connectivity index (χ0n) is 29.2. The van der Waals surface area contributed by atoms with Crippen LogP contribution in [0.2, 0.25) is 0 Å². The molecule has 0 fully saturated rings. The lowest BCUT2D eigenvalue weighted by Gasteiger charge is -2.26. The fourth-order valence-corrected chi connectivity index (χ4v) is 9.48. The van der Waals surface area contributed by atoms with Crippen LogP contribution < -0.4 is 16.2 Å². The van der Waals surface area contributed by atoms with Gasteiger partial charge in [-0.15, -0.1) is 0 Å². The number of hydrogen-bond donors (Lipinski definition) is 1. The Kier molecular flexibility index (Phi) is 5.79. The largest absolute Gasteiger partial charge is 0.354 e. The molecule has 3 aromatic heterocycles. The van der Waals surface area contributed by atoms with E-state index in [0.29, 0.717) is 0 Å². The lowest BCUT2D eigenvalue weighted by Crippen LogP contribution is -2.37. The Morgan fingerprint density at radius 1 is 0.491 bits per heavy atom. The maximum atomic E-state index is 4.06. The molecule has 0 saturated carbocycles. The normalized spacial score (nSPS) is 12.4. The van der Waals surface area contributed by atoms with Crippen molar-refractivity contribution in [3.63, 3.8) is 0 Å². The van der Waals surface area contributed by atoms with E-state index in [2.05, 4.69) is 185 Å². The zero-order valence-corrected chi connectivity index (χ0v) is 29.2. The SMILES string of the molecule is Cc1ccccc1Nc1c(-c2cc(-c3ccccc3)cc3c2Bc2cccc4c5ccccc5n-3c24)ccc2c1c1cccc3c4ccccc4n2c31. The van der Waals surface area contributed by atoms with Crippen LogP contribution in [0.25, 0.3) is 87.8 Å². The van der Waals surface area contributed by atoms with Gasteiger partial charge in [0.1, 0.15) is 0 Å². The van der Waals surface area contributed by atoms with Crippen LogP contribution >= 0.6 is 0 Å². The lowest BCUT2D eigenvalue weighted by molar-refractivity contribution is 1.19. The predicted molar refractivity (Wildman–Crippen MR) is 227 cm³/mol. The van der Waals surface area contributed by atoms with Crippen LogP contribution in [0.5, 0.6) is 0 Å². The highest BCUT2D eigenvalue weighted by Crippen LogP contribution is 2.47. The van der Waals surface area contributed by atoms with Crippen molar-refractivity contribution in [2.75, 3.05) is 5.32 Å². The van der Waals surface area contributed by atoms with Crippen LogP contribution in [-0.4, -0.2) is 16.2 Å². The molecule has 11 aromatic rings. The number of nitrogens with one attached hydrogen (secondary N) is 1. The third-order valence-electron chi connectivity index (χ3n) is 11.8. The van der Waals surface area contributed by atoms with Crippen LogP contribution in [-0.2, 0) is 0 Å². The molecule has 0 bridgehead atoms. The number of hydrogen-bond acceptors (Lipinski definition) is 1. The first-order valence-corrected chi connectivity index (χ1v) is 18.5. The van der Waals surface area contributed by atoms with Gasteiger partial charge in [-0.25, -0.2) is 0 Å². The average Bonchev–Trinajstić information content (AvgIpc) is 3.86. The monoisotopic (exact) mass is 673 g/mol. The molecule has 246 valence electrons. The fourth-order valence-electron chi connectivity index (χ4n) is 9.48. The third kappa shape index (κ3) is 3.90. The van der Waals surface area contributed by atoms with E-state index in [1.807, 2.05) is 0 Å². The summed E-state index contributed by atoms with van der Waals surface area (Å²) in [6.45, 7) is 2.19. The van der Waals surface area contributed by atoms with Crippen LogP contribution in [0.1, 0.15) is 5.56 Å². The van der Waals surface area contributed by atoms with Gasteiger partial charge in [-0.1, -0.05) is 133 Å². The van der Waals surface area contributed by atoms with Crippen molar-refractivity contribution in [3.8, 4) is 27.9 Å². The maximum absolute atomic E-state index is 4.06. The molecule has 4 heterocycles. The quantitative estimate of drug-likeness (QED) is 0.185. The summed E-state index contributed by atoms with van der Waals surface area (Å²) in [5.41, 5.74) is 18.6. The maximum Gasteiger partial charge on any atom is 0.198 e. The van der Waals surface area contributed by atoms with Crippen molar-refractivity contribution in [1.29, 1.82) is 0 Å². The molecule has 4 heteroatoms. The van der Waals surface area contributed by atoms with E-state index in [9.17, 15) is 0 Å². The van der Waals surface area contributed by atoms with Crippen LogP contribution in [0, 0.1) is 6.92 Å². The van der Waals surface area contributed by atoms with E-state index in [1.165, 1.54) is 104 Å². The van der Waals surface area contributed by atoms with E-state index in [1.54, 1.807) is 0 Å². The minimum atomic E-state index is 0.856. The summed E-state index contributed by atoms with van der Waals surface area (Å²) < 4.78 is 5.02. The van der Waals surface area contributed by atoms with Gasteiger partial charge in [0.15, 0.2) is 7.28 Å². The Balaban J connectivity index is 1.24. The summed E-state index contributed by atoms with van der Waals surface area (Å²) in [5.74, 6) is 0. The number of anilines is 2. The Morgan fingerprint density at radius 2 is 1.17 bits per heavy atom. The van der Waals surface area contributed by atoms with Crippen molar-refractivity contribution >= 4 is 89.5 Å². The molecule has 0 saturated heterocycles. The third-order valence-corrected chi connectivity index (χ3v) is 11.8. The Hall–Kier alpha value is -6.78. The molecule has 0 aliphatic carbocycles. The fraction of sp³-hybridized carbons (Fsp3) is 0.0204. The molecule has 53 heavy (non-hydrogen) atoms. The van der Waals surface area contributed by atoms with Gasteiger partial charge in [-0.05, 0) is 71.0 Å². The van der Waals surface area contributed by atoms with Gasteiger partial charge in [0.25, 0.3) is 0 Å². The van der Waals surface area contributed by atoms with Gasteiger partial charge < -0.3 is 14.3 Å². The molecule has 1 aliphatic rings. The highest BCUT2D eigenvalue weighted by atomic mass is 15.0. The lowest BCUT2D eigenvalue weighted by atomic mass is 9.58. The number of aryl methyl sites for hydroxylation is 1. The Labute approximate surface area is 306 Å². The van der Waals surface area contributed by atoms with E-state index >= 15 is 0 Å². The Morgan fingerprint density at radius 3 is 2.02 bits per heavy atom. The number of benzene rings is 8. The first-order chi connectivity index (χ1) is 26.2. The highest BCUT2D eigenvalue weighted by molar-refractivity contribution is 6.73. The molecule has 12 rings (SSSR count). The number of rotatable bonds is 4. The van der Waals surface area contributed by atoms with Crippen molar-refractivity contribution < 1.29 is 0 Å². The van der Waals surface area contributed by atoms with Crippen LogP contribution in [0.15, 0.2) is 164 Å². The smallest absolute Gasteiger partial charge is 0.198 e. The number of aromatic nitrogens is 2. The van der Waals surface area contributed by atoms with Gasteiger partial charge in [-0.2, -0.15) is 0 Å². The summed E-state index contributed by atoms with van der Waals surface area (Å²) in [6, 6.07) is 60.5. The first-order valence-electron chi connectivity index (χ1n) is 18.5. The summed E-state index contributed by atoms with van der Waals surface area (Å²) in [7, 11) is 0.856. The molecule has 0 amide bonds. The van der Waals surface area contributed by atoms with Gasteiger partial charge in [0, 0.05) is 54.8 Å². The molecule has 0 atom stereocenters. The molecule has 8 aromatic carbocycles. The molecule has 1 aliphatic heterocycles. The molecular formula is C49H32BN3. The molecule has 0 radical (unpaired) electrons. The number of fused-ring (bicyclic) bond motifs is 11. The standard InChI is InChI=1S/C49H32BN3/c1-29-13-5-8-22-40(29)51-47-34(25-26-43-45(47)37-20-11-18-35-32-16-6-9-23-41(32)52(43)48(35)37)38-27-31(30-14-3-2-4-15-30)28-44-46(38)50-39-21-12-19-36-33-17-7-10-24-42(33)53(44)49(36)39/h2-28,50-51H,1H3. The van der Waals surface area contributed by atoms with E-state index in [0.717, 1.165) is 18.7 Å². The molecule has 0 unspecified atom stereocenters. The first kappa shape index (κ1) is 28.9. The van der Waals surface area contributed by atoms with Gasteiger partial charge in [0.2, 0.25) is 0 Å². The molecule has 3 nitrogen and oxygen atoms in total. The van der Waals surface area contributed by atoms with Crippen LogP contribution in [0.4, 0.5) is 11.4 Å². The highest BCUT2D eigenvalue weighted by Gasteiger charge is 2.28. The van der Waals surface area contributed by atoms with Crippen molar-refractivity contribution in [2.45, 2.75) is 6.92 Å². The zero-order chi connectivity index (χ0) is 34.8.